The minimum Gasteiger partial charge on any atom is -0.468 e. The van der Waals surface area contributed by atoms with E-state index in [4.69, 9.17) is 0 Å². The molecule has 0 fully saturated rings. The van der Waals surface area contributed by atoms with Gasteiger partial charge in [-0.2, -0.15) is 17.6 Å². The van der Waals surface area contributed by atoms with Crippen molar-refractivity contribution in [3.05, 3.63) is 77.5 Å². The van der Waals surface area contributed by atoms with E-state index < -0.39 is 24.6 Å². The number of carbonyl (C=O) groups excluding carboxylic acids is 1. The first-order chi connectivity index (χ1) is 15.3. The van der Waals surface area contributed by atoms with Gasteiger partial charge in [-0.3, -0.25) is 4.79 Å². The molecule has 2 aromatic heterocycles. The van der Waals surface area contributed by atoms with Crippen LogP contribution in [-0.4, -0.2) is 34.7 Å². The van der Waals surface area contributed by atoms with Gasteiger partial charge in [0, 0.05) is 30.1 Å². The molecule has 166 valence electrons. The number of nitrogens with one attached hydrogen (secondary N) is 1. The number of aryl methyl sites for hydroxylation is 1. The molecule has 1 aliphatic rings. The normalized spacial score (nSPS) is 15.7. The molecular formula is C23H19F4N3O2. The van der Waals surface area contributed by atoms with Crippen LogP contribution in [-0.2, 0) is 12.8 Å². The highest BCUT2D eigenvalue weighted by Gasteiger charge is 2.29. The Labute approximate surface area is 181 Å². The van der Waals surface area contributed by atoms with Gasteiger partial charge >= 0.3 is 6.18 Å². The van der Waals surface area contributed by atoms with Gasteiger partial charge in [-0.05, 0) is 54.2 Å². The average Bonchev–Trinajstić information content (AvgIpc) is 2.77. The summed E-state index contributed by atoms with van der Waals surface area (Å²) in [6, 6.07) is 11.5. The Bertz CT molecular complexity index is 1120. The molecular weight excluding hydrogens is 426 g/mol. The molecule has 1 N–H and O–H groups in total. The van der Waals surface area contributed by atoms with E-state index in [-0.39, 0.29) is 17.5 Å². The SMILES string of the molecule is O=C(N[C@@H]1CCc2cccc(-c3cccnc3F)c2C1)c1ccc(OCC(F)(F)F)nc1. The van der Waals surface area contributed by atoms with E-state index in [1.165, 1.54) is 24.5 Å². The highest BCUT2D eigenvalue weighted by Crippen LogP contribution is 2.32. The molecule has 4 rings (SSSR count). The summed E-state index contributed by atoms with van der Waals surface area (Å²) in [7, 11) is 0. The van der Waals surface area contributed by atoms with E-state index >= 15 is 0 Å². The zero-order valence-electron chi connectivity index (χ0n) is 16.8. The molecule has 0 bridgehead atoms. The zero-order valence-corrected chi connectivity index (χ0v) is 16.8. The Morgan fingerprint density at radius 1 is 1.09 bits per heavy atom. The molecule has 0 unspecified atom stereocenters. The summed E-state index contributed by atoms with van der Waals surface area (Å²) >= 11 is 0. The maximum Gasteiger partial charge on any atom is 0.422 e. The average molecular weight is 445 g/mol. The van der Waals surface area contributed by atoms with Crippen LogP contribution in [0, 0.1) is 5.95 Å². The second-order valence-electron chi connectivity index (χ2n) is 7.49. The largest absolute Gasteiger partial charge is 0.468 e. The lowest BCUT2D eigenvalue weighted by atomic mass is 9.83. The number of alkyl halides is 3. The molecule has 3 aromatic rings. The Morgan fingerprint density at radius 2 is 1.91 bits per heavy atom. The highest BCUT2D eigenvalue weighted by molar-refractivity contribution is 5.94. The van der Waals surface area contributed by atoms with Crippen LogP contribution >= 0.6 is 0 Å². The minimum absolute atomic E-state index is 0.183. The molecule has 9 heteroatoms. The van der Waals surface area contributed by atoms with Crippen LogP contribution in [0.5, 0.6) is 5.88 Å². The Hall–Kier alpha value is -3.49. The number of hydrogen-bond acceptors (Lipinski definition) is 4. The third-order valence-corrected chi connectivity index (χ3v) is 5.25. The third kappa shape index (κ3) is 5.04. The summed E-state index contributed by atoms with van der Waals surface area (Å²) in [5.74, 6) is -1.15. The Kier molecular flexibility index (Phi) is 6.07. The zero-order chi connectivity index (χ0) is 22.7. The van der Waals surface area contributed by atoms with E-state index in [1.54, 1.807) is 12.1 Å². The second kappa shape index (κ2) is 8.94. The van der Waals surface area contributed by atoms with Crippen molar-refractivity contribution in [2.75, 3.05) is 6.61 Å². The number of ether oxygens (including phenoxy) is 1. The summed E-state index contributed by atoms with van der Waals surface area (Å²) < 4.78 is 55.5. The molecule has 5 nitrogen and oxygen atoms in total. The summed E-state index contributed by atoms with van der Waals surface area (Å²) in [6.07, 6.45) is 0.0493. The van der Waals surface area contributed by atoms with E-state index in [2.05, 4.69) is 20.0 Å². The summed E-state index contributed by atoms with van der Waals surface area (Å²) in [6.45, 7) is -1.45. The van der Waals surface area contributed by atoms with Crippen LogP contribution in [0.3, 0.4) is 0 Å². The van der Waals surface area contributed by atoms with Crippen LogP contribution < -0.4 is 10.1 Å². The number of fused-ring (bicyclic) bond motifs is 1. The summed E-state index contributed by atoms with van der Waals surface area (Å²) in [5, 5.41) is 2.94. The smallest absolute Gasteiger partial charge is 0.422 e. The topological polar surface area (TPSA) is 64.1 Å². The molecule has 0 aliphatic heterocycles. The minimum atomic E-state index is -4.47. The van der Waals surface area contributed by atoms with Gasteiger partial charge < -0.3 is 10.1 Å². The number of hydrogen-bond donors (Lipinski definition) is 1. The molecule has 0 saturated carbocycles. The van der Waals surface area contributed by atoms with Gasteiger partial charge in [-0.25, -0.2) is 9.97 Å². The molecule has 1 aliphatic carbocycles. The van der Waals surface area contributed by atoms with Crippen LogP contribution in [0.4, 0.5) is 17.6 Å². The van der Waals surface area contributed by atoms with E-state index in [1.807, 2.05) is 18.2 Å². The molecule has 0 saturated heterocycles. The number of pyridine rings is 2. The van der Waals surface area contributed by atoms with E-state index in [0.29, 0.717) is 18.4 Å². The van der Waals surface area contributed by atoms with Crippen molar-refractivity contribution in [2.24, 2.45) is 0 Å². The van der Waals surface area contributed by atoms with Gasteiger partial charge in [0.1, 0.15) is 0 Å². The van der Waals surface area contributed by atoms with Gasteiger partial charge in [-0.15, -0.1) is 0 Å². The third-order valence-electron chi connectivity index (χ3n) is 5.25. The number of aromatic nitrogens is 2. The first kappa shape index (κ1) is 21.7. The van der Waals surface area contributed by atoms with E-state index in [9.17, 15) is 22.4 Å². The molecule has 0 spiro atoms. The number of amides is 1. The van der Waals surface area contributed by atoms with Crippen LogP contribution in [0.15, 0.2) is 54.9 Å². The van der Waals surface area contributed by atoms with Crippen molar-refractivity contribution in [1.29, 1.82) is 0 Å². The van der Waals surface area contributed by atoms with Crippen LogP contribution in [0.2, 0.25) is 0 Å². The van der Waals surface area contributed by atoms with Crippen LogP contribution in [0.1, 0.15) is 27.9 Å². The lowest BCUT2D eigenvalue weighted by molar-refractivity contribution is -0.154. The number of halogens is 4. The molecule has 2 heterocycles. The van der Waals surface area contributed by atoms with Gasteiger partial charge in [0.05, 0.1) is 5.56 Å². The Balaban J connectivity index is 1.45. The van der Waals surface area contributed by atoms with Crippen molar-refractivity contribution in [3.63, 3.8) is 0 Å². The van der Waals surface area contributed by atoms with Gasteiger partial charge in [0.25, 0.3) is 5.91 Å². The predicted octanol–water partition coefficient (Wildman–Crippen LogP) is 4.51. The first-order valence-corrected chi connectivity index (χ1v) is 9.98. The second-order valence-corrected chi connectivity index (χ2v) is 7.49. The van der Waals surface area contributed by atoms with E-state index in [0.717, 1.165) is 23.1 Å². The van der Waals surface area contributed by atoms with Gasteiger partial charge in [0.2, 0.25) is 11.8 Å². The van der Waals surface area contributed by atoms with Crippen molar-refractivity contribution >= 4 is 5.91 Å². The lowest BCUT2D eigenvalue weighted by Gasteiger charge is -2.27. The highest BCUT2D eigenvalue weighted by atomic mass is 19.4. The number of rotatable bonds is 5. The van der Waals surface area contributed by atoms with Gasteiger partial charge in [0.15, 0.2) is 6.61 Å². The standard InChI is InChI=1S/C23H19F4N3O2/c24-21-18(5-2-10-28-21)17-4-1-3-14-6-8-16(11-19(14)17)30-22(31)15-7-9-20(29-12-15)32-13-23(25,26)27/h1-5,7,9-10,12,16H,6,8,11,13H2,(H,30,31)/t16-/m1/s1. The maximum absolute atomic E-state index is 14.3. The monoisotopic (exact) mass is 445 g/mol. The quantitative estimate of drug-likeness (QED) is 0.464. The number of benzene rings is 1. The van der Waals surface area contributed by atoms with Gasteiger partial charge in [-0.1, -0.05) is 18.2 Å². The van der Waals surface area contributed by atoms with Crippen molar-refractivity contribution in [3.8, 4) is 17.0 Å². The molecule has 1 atom stereocenters. The molecule has 1 aromatic carbocycles. The predicted molar refractivity (Wildman–Crippen MR) is 109 cm³/mol. The summed E-state index contributed by atoms with van der Waals surface area (Å²) in [5.41, 5.74) is 3.44. The number of nitrogens with zero attached hydrogens (tertiary/aromatic N) is 2. The fourth-order valence-electron chi connectivity index (χ4n) is 3.78. The summed E-state index contributed by atoms with van der Waals surface area (Å²) in [4.78, 5) is 20.1. The Morgan fingerprint density at radius 3 is 2.62 bits per heavy atom. The first-order valence-electron chi connectivity index (χ1n) is 9.98. The lowest BCUT2D eigenvalue weighted by Crippen LogP contribution is -2.39. The number of carbonyl (C=O) groups is 1. The van der Waals surface area contributed by atoms with Crippen LogP contribution in [0.25, 0.3) is 11.1 Å². The van der Waals surface area contributed by atoms with Crippen molar-refractivity contribution in [1.82, 2.24) is 15.3 Å². The maximum atomic E-state index is 14.3. The van der Waals surface area contributed by atoms with Crippen molar-refractivity contribution < 1.29 is 27.1 Å². The fourth-order valence-corrected chi connectivity index (χ4v) is 3.78. The fraction of sp³-hybridized carbons (Fsp3) is 0.261. The molecule has 0 radical (unpaired) electrons. The van der Waals surface area contributed by atoms with Crippen molar-refractivity contribution in [2.45, 2.75) is 31.5 Å². The molecule has 1 amide bonds. The molecule has 32 heavy (non-hydrogen) atoms.